The van der Waals surface area contributed by atoms with E-state index >= 15 is 0 Å². The molecule has 0 spiro atoms. The first-order valence-corrected chi connectivity index (χ1v) is 6.90. The van der Waals surface area contributed by atoms with Crippen molar-refractivity contribution in [3.8, 4) is 0 Å². The highest BCUT2D eigenvalue weighted by Gasteiger charge is 2.24. The van der Waals surface area contributed by atoms with E-state index in [1.165, 1.54) is 12.1 Å². The minimum atomic E-state index is -1.04. The molecule has 0 saturated heterocycles. The van der Waals surface area contributed by atoms with Gasteiger partial charge in [0.05, 0.1) is 6.10 Å². The van der Waals surface area contributed by atoms with Gasteiger partial charge in [-0.15, -0.1) is 0 Å². The van der Waals surface area contributed by atoms with Crippen molar-refractivity contribution in [3.05, 3.63) is 69.7 Å². The molecule has 2 nitrogen and oxygen atoms in total. The number of benzene rings is 2. The van der Waals surface area contributed by atoms with Crippen LogP contribution in [-0.4, -0.2) is 11.7 Å². The summed E-state index contributed by atoms with van der Waals surface area (Å²) in [5, 5.41) is 10.9. The Morgan fingerprint density at radius 3 is 2.29 bits per heavy atom. The minimum Gasteiger partial charge on any atom is -0.388 e. The van der Waals surface area contributed by atoms with E-state index in [0.29, 0.717) is 16.1 Å². The molecular weight excluding hydrogens is 296 g/mol. The zero-order valence-electron chi connectivity index (χ0n) is 11.5. The van der Waals surface area contributed by atoms with E-state index in [-0.39, 0.29) is 6.54 Å². The van der Waals surface area contributed by atoms with Crippen LogP contribution in [0.2, 0.25) is 5.02 Å². The summed E-state index contributed by atoms with van der Waals surface area (Å²) in [4.78, 5) is 0. The van der Waals surface area contributed by atoms with Crippen molar-refractivity contribution < 1.29 is 13.9 Å². The fourth-order valence-electron chi connectivity index (χ4n) is 2.33. The molecule has 0 fully saturated rings. The molecule has 0 aromatic heterocycles. The second-order valence-electron chi connectivity index (χ2n) is 5.01. The van der Waals surface area contributed by atoms with Crippen LogP contribution < -0.4 is 5.73 Å². The fraction of sp³-hybridized carbons (Fsp3) is 0.250. The SMILES string of the molecule is Cc1ccc(C(O)C(CN)c2cc(F)cc(F)c2)c(Cl)c1. The Kier molecular flexibility index (Phi) is 4.93. The maximum atomic E-state index is 13.3. The molecule has 2 rings (SSSR count). The number of aliphatic hydroxyl groups excluding tert-OH is 1. The first-order valence-electron chi connectivity index (χ1n) is 6.52. The zero-order chi connectivity index (χ0) is 15.6. The topological polar surface area (TPSA) is 46.2 Å². The third kappa shape index (κ3) is 3.59. The van der Waals surface area contributed by atoms with Crippen molar-refractivity contribution in [3.63, 3.8) is 0 Å². The van der Waals surface area contributed by atoms with Gasteiger partial charge in [0.25, 0.3) is 0 Å². The normalized spacial score (nSPS) is 14.0. The van der Waals surface area contributed by atoms with Gasteiger partial charge in [0, 0.05) is 23.6 Å². The standard InChI is InChI=1S/C16H16ClF2NO/c1-9-2-3-13(15(17)4-9)16(21)14(8-20)10-5-11(18)7-12(19)6-10/h2-7,14,16,21H,8,20H2,1H3. The molecule has 0 radical (unpaired) electrons. The maximum absolute atomic E-state index is 13.3. The van der Waals surface area contributed by atoms with Gasteiger partial charge in [-0.05, 0) is 41.8 Å². The molecule has 5 heteroatoms. The van der Waals surface area contributed by atoms with Gasteiger partial charge >= 0.3 is 0 Å². The number of aliphatic hydroxyl groups is 1. The molecule has 2 aromatic rings. The maximum Gasteiger partial charge on any atom is 0.126 e. The van der Waals surface area contributed by atoms with Gasteiger partial charge in [0.1, 0.15) is 11.6 Å². The fourth-order valence-corrected chi connectivity index (χ4v) is 2.67. The van der Waals surface area contributed by atoms with Crippen LogP contribution in [-0.2, 0) is 0 Å². The molecule has 0 saturated carbocycles. The van der Waals surface area contributed by atoms with Crippen LogP contribution in [0.1, 0.15) is 28.7 Å². The predicted octanol–water partition coefficient (Wildman–Crippen LogP) is 3.70. The van der Waals surface area contributed by atoms with Crippen molar-refractivity contribution in [2.45, 2.75) is 18.9 Å². The highest BCUT2D eigenvalue weighted by atomic mass is 35.5. The number of hydrogen-bond donors (Lipinski definition) is 2. The quantitative estimate of drug-likeness (QED) is 0.904. The van der Waals surface area contributed by atoms with Crippen LogP contribution in [0.15, 0.2) is 36.4 Å². The first-order chi connectivity index (χ1) is 9.92. The van der Waals surface area contributed by atoms with Gasteiger partial charge in [0.2, 0.25) is 0 Å². The molecule has 0 aliphatic heterocycles. The average molecular weight is 312 g/mol. The largest absolute Gasteiger partial charge is 0.388 e. The molecule has 2 unspecified atom stereocenters. The first kappa shape index (κ1) is 15.9. The van der Waals surface area contributed by atoms with Gasteiger partial charge in [-0.2, -0.15) is 0 Å². The Hall–Kier alpha value is -1.49. The van der Waals surface area contributed by atoms with E-state index in [1.807, 2.05) is 13.0 Å². The molecule has 2 aromatic carbocycles. The zero-order valence-corrected chi connectivity index (χ0v) is 12.2. The molecular formula is C16H16ClF2NO. The Labute approximate surface area is 127 Å². The smallest absolute Gasteiger partial charge is 0.126 e. The summed E-state index contributed by atoms with van der Waals surface area (Å²) >= 11 is 6.13. The predicted molar refractivity (Wildman–Crippen MR) is 79.3 cm³/mol. The Morgan fingerprint density at radius 1 is 1.14 bits per heavy atom. The molecule has 0 bridgehead atoms. The van der Waals surface area contributed by atoms with Crippen LogP contribution in [0.5, 0.6) is 0 Å². The number of nitrogens with two attached hydrogens (primary N) is 1. The summed E-state index contributed by atoms with van der Waals surface area (Å²) in [6, 6.07) is 8.35. The van der Waals surface area contributed by atoms with E-state index in [0.717, 1.165) is 11.6 Å². The molecule has 0 amide bonds. The molecule has 0 heterocycles. The number of halogens is 3. The van der Waals surface area contributed by atoms with Crippen LogP contribution in [0.3, 0.4) is 0 Å². The second-order valence-corrected chi connectivity index (χ2v) is 5.42. The van der Waals surface area contributed by atoms with Crippen LogP contribution >= 0.6 is 11.6 Å². The number of rotatable bonds is 4. The van der Waals surface area contributed by atoms with E-state index in [4.69, 9.17) is 17.3 Å². The lowest BCUT2D eigenvalue weighted by atomic mass is 9.88. The number of aryl methyl sites for hydroxylation is 1. The van der Waals surface area contributed by atoms with Crippen LogP contribution in [0, 0.1) is 18.6 Å². The van der Waals surface area contributed by atoms with Crippen molar-refractivity contribution in [2.75, 3.05) is 6.54 Å². The summed E-state index contributed by atoms with van der Waals surface area (Å²) in [6.07, 6.45) is -1.04. The van der Waals surface area contributed by atoms with Crippen LogP contribution in [0.25, 0.3) is 0 Å². The molecule has 2 atom stereocenters. The lowest BCUT2D eigenvalue weighted by Gasteiger charge is -2.23. The van der Waals surface area contributed by atoms with Crippen LogP contribution in [0.4, 0.5) is 8.78 Å². The van der Waals surface area contributed by atoms with E-state index in [2.05, 4.69) is 0 Å². The van der Waals surface area contributed by atoms with E-state index < -0.39 is 23.7 Å². The molecule has 0 aliphatic carbocycles. The summed E-state index contributed by atoms with van der Waals surface area (Å²) in [6.45, 7) is 1.92. The van der Waals surface area contributed by atoms with Crippen molar-refractivity contribution in [2.24, 2.45) is 5.73 Å². The summed E-state index contributed by atoms with van der Waals surface area (Å²) in [5.41, 5.74) is 7.42. The van der Waals surface area contributed by atoms with Gasteiger partial charge in [-0.3, -0.25) is 0 Å². The minimum absolute atomic E-state index is 0.0360. The average Bonchev–Trinajstić information content (AvgIpc) is 2.38. The summed E-state index contributed by atoms with van der Waals surface area (Å²) < 4.78 is 26.7. The van der Waals surface area contributed by atoms with Crippen molar-refractivity contribution in [1.29, 1.82) is 0 Å². The van der Waals surface area contributed by atoms with Gasteiger partial charge < -0.3 is 10.8 Å². The lowest BCUT2D eigenvalue weighted by Crippen LogP contribution is -2.20. The summed E-state index contributed by atoms with van der Waals surface area (Å²) in [5.74, 6) is -2.05. The number of hydrogen-bond acceptors (Lipinski definition) is 2. The third-order valence-electron chi connectivity index (χ3n) is 3.42. The lowest BCUT2D eigenvalue weighted by molar-refractivity contribution is 0.147. The second kappa shape index (κ2) is 6.52. The molecule has 21 heavy (non-hydrogen) atoms. The monoisotopic (exact) mass is 311 g/mol. The molecule has 112 valence electrons. The Bertz CT molecular complexity index is 628. The molecule has 0 aliphatic rings. The van der Waals surface area contributed by atoms with Crippen molar-refractivity contribution in [1.82, 2.24) is 0 Å². The van der Waals surface area contributed by atoms with Gasteiger partial charge in [0.15, 0.2) is 0 Å². The van der Waals surface area contributed by atoms with E-state index in [9.17, 15) is 13.9 Å². The molecule has 3 N–H and O–H groups in total. The van der Waals surface area contributed by atoms with Crippen molar-refractivity contribution >= 4 is 11.6 Å². The van der Waals surface area contributed by atoms with Gasteiger partial charge in [-0.1, -0.05) is 23.7 Å². The van der Waals surface area contributed by atoms with E-state index in [1.54, 1.807) is 12.1 Å². The highest BCUT2D eigenvalue weighted by Crippen LogP contribution is 2.34. The third-order valence-corrected chi connectivity index (χ3v) is 3.75. The van der Waals surface area contributed by atoms with Gasteiger partial charge in [-0.25, -0.2) is 8.78 Å². The highest BCUT2D eigenvalue weighted by molar-refractivity contribution is 6.31. The Balaban J connectivity index is 2.40. The summed E-state index contributed by atoms with van der Waals surface area (Å²) in [7, 11) is 0. The Morgan fingerprint density at radius 2 is 1.76 bits per heavy atom.